The Morgan fingerprint density at radius 2 is 0.771 bits per heavy atom. The lowest BCUT2D eigenvalue weighted by Gasteiger charge is -2.33. The molecule has 0 aliphatic heterocycles. The molecule has 14 rings (SSSR count). The van der Waals surface area contributed by atoms with Crippen molar-refractivity contribution in [3.63, 3.8) is 0 Å². The first kappa shape index (κ1) is 40.4. The third-order valence-corrected chi connectivity index (χ3v) is 15.7. The molecule has 0 saturated carbocycles. The Morgan fingerprint density at radius 1 is 0.286 bits per heavy atom. The monoisotopic (exact) mass is 892 g/mol. The molecule has 2 nitrogen and oxygen atoms in total. The summed E-state index contributed by atoms with van der Waals surface area (Å²) in [6.45, 7) is 4.75. The summed E-state index contributed by atoms with van der Waals surface area (Å²) in [6.07, 6.45) is 0. The fourth-order valence-corrected chi connectivity index (χ4v) is 12.7. The van der Waals surface area contributed by atoms with E-state index in [0.29, 0.717) is 0 Å². The summed E-state index contributed by atoms with van der Waals surface area (Å²) in [4.78, 5) is 5.01. The van der Waals surface area contributed by atoms with Crippen LogP contribution < -0.4 is 9.80 Å². The van der Waals surface area contributed by atoms with Gasteiger partial charge in [0.1, 0.15) is 0 Å². The van der Waals surface area contributed by atoms with Gasteiger partial charge in [0.2, 0.25) is 0 Å². The number of hydrogen-bond donors (Lipinski definition) is 0. The van der Waals surface area contributed by atoms with Gasteiger partial charge in [-0.2, -0.15) is 0 Å². The van der Waals surface area contributed by atoms with Gasteiger partial charge in [0.15, 0.2) is 0 Å². The van der Waals surface area contributed by atoms with Gasteiger partial charge in [-0.05, 0) is 127 Å². The topological polar surface area (TPSA) is 6.48 Å². The SMILES string of the molecule is CC1(C)c2ccccc2-c2ccc(N(c3ccccc3)c3cccc4c3-c3ccccc3C43c4ccccc4-c4ccc(N(c5ccccc5-c5ccccc5)c5cccc6ccccc56)cc43)cc21. The summed E-state index contributed by atoms with van der Waals surface area (Å²) < 4.78 is 0. The highest BCUT2D eigenvalue weighted by Gasteiger charge is 2.53. The summed E-state index contributed by atoms with van der Waals surface area (Å²) in [5.41, 5.74) is 24.1. The van der Waals surface area contributed by atoms with Gasteiger partial charge < -0.3 is 9.80 Å². The van der Waals surface area contributed by atoms with Crippen molar-refractivity contribution in [2.45, 2.75) is 24.7 Å². The van der Waals surface area contributed by atoms with E-state index in [2.05, 4.69) is 278 Å². The average Bonchev–Trinajstić information content (AvgIpc) is 3.98. The zero-order valence-electron chi connectivity index (χ0n) is 39.1. The van der Waals surface area contributed by atoms with Crippen molar-refractivity contribution in [3.8, 4) is 44.5 Å². The molecule has 2 heteroatoms. The number of nitrogens with zero attached hydrogens (tertiary/aromatic N) is 2. The molecule has 330 valence electrons. The molecule has 0 bridgehead atoms. The summed E-state index contributed by atoms with van der Waals surface area (Å²) in [5.74, 6) is 0. The van der Waals surface area contributed by atoms with Gasteiger partial charge in [0, 0.05) is 39.0 Å². The Balaban J connectivity index is 1.03. The van der Waals surface area contributed by atoms with Crippen LogP contribution in [-0.2, 0) is 10.8 Å². The van der Waals surface area contributed by atoms with E-state index in [4.69, 9.17) is 0 Å². The van der Waals surface area contributed by atoms with Crippen molar-refractivity contribution in [2.24, 2.45) is 0 Å². The molecule has 11 aromatic carbocycles. The minimum absolute atomic E-state index is 0.143. The lowest BCUT2D eigenvalue weighted by atomic mass is 9.70. The Hall–Kier alpha value is -8.72. The van der Waals surface area contributed by atoms with Crippen molar-refractivity contribution < 1.29 is 0 Å². The predicted octanol–water partition coefficient (Wildman–Crippen LogP) is 18.1. The maximum Gasteiger partial charge on any atom is 0.0727 e. The summed E-state index contributed by atoms with van der Waals surface area (Å²) in [7, 11) is 0. The number of rotatable bonds is 7. The van der Waals surface area contributed by atoms with Crippen LogP contribution in [0.5, 0.6) is 0 Å². The Labute approximate surface area is 410 Å². The normalized spacial score (nSPS) is 15.2. The Morgan fingerprint density at radius 3 is 1.54 bits per heavy atom. The van der Waals surface area contributed by atoms with Gasteiger partial charge in [-0.25, -0.2) is 0 Å². The molecule has 3 aliphatic rings. The minimum Gasteiger partial charge on any atom is -0.310 e. The number of benzene rings is 11. The first-order valence-corrected chi connectivity index (χ1v) is 24.5. The second kappa shape index (κ2) is 15.4. The number of hydrogen-bond acceptors (Lipinski definition) is 2. The largest absolute Gasteiger partial charge is 0.310 e. The smallest absolute Gasteiger partial charge is 0.0727 e. The maximum atomic E-state index is 2.52. The van der Waals surface area contributed by atoms with Crippen LogP contribution in [0.2, 0.25) is 0 Å². The van der Waals surface area contributed by atoms with Gasteiger partial charge in [-0.15, -0.1) is 0 Å². The van der Waals surface area contributed by atoms with Crippen molar-refractivity contribution >= 4 is 44.9 Å². The van der Waals surface area contributed by atoms with Crippen LogP contribution in [-0.4, -0.2) is 0 Å². The molecule has 0 N–H and O–H groups in total. The Bertz CT molecular complexity index is 3880. The van der Waals surface area contributed by atoms with Crippen LogP contribution in [0.25, 0.3) is 55.3 Å². The standard InChI is InChI=1S/C68H48N2/c1-67(2)57-32-15-11-29-52(57)54-41-39-48(43-61(54)67)69(47-25-7-4-8-26-47)65-38-20-35-60-66(65)56-31-13-17-34-59(56)68(60)58-33-16-12-30-53(58)55-42-40-49(44-62(55)68)70(64-37-19-24-46-23-9-10-27-51(46)64)63-36-18-14-28-50(63)45-21-5-3-6-22-45/h3-44H,1-2H3. The van der Waals surface area contributed by atoms with Crippen molar-refractivity contribution in [3.05, 3.63) is 288 Å². The van der Waals surface area contributed by atoms with Gasteiger partial charge in [-0.3, -0.25) is 0 Å². The van der Waals surface area contributed by atoms with E-state index in [1.165, 1.54) is 88.7 Å². The van der Waals surface area contributed by atoms with Gasteiger partial charge in [0.25, 0.3) is 0 Å². The molecule has 0 amide bonds. The molecule has 0 saturated heterocycles. The summed E-state index contributed by atoms with van der Waals surface area (Å²) in [6, 6.07) is 94.9. The third-order valence-electron chi connectivity index (χ3n) is 15.7. The molecule has 0 aromatic heterocycles. The second-order valence-electron chi connectivity index (χ2n) is 19.6. The average molecular weight is 893 g/mol. The molecule has 0 heterocycles. The number of para-hydroxylation sites is 2. The van der Waals surface area contributed by atoms with Gasteiger partial charge in [0.05, 0.1) is 22.5 Å². The van der Waals surface area contributed by atoms with Crippen LogP contribution in [0.1, 0.15) is 47.2 Å². The van der Waals surface area contributed by atoms with E-state index in [0.717, 1.165) is 34.1 Å². The third kappa shape index (κ3) is 5.68. The van der Waals surface area contributed by atoms with E-state index in [9.17, 15) is 0 Å². The minimum atomic E-state index is -0.600. The Kier molecular flexibility index (Phi) is 8.88. The fourth-order valence-electron chi connectivity index (χ4n) is 12.7. The van der Waals surface area contributed by atoms with E-state index in [-0.39, 0.29) is 5.41 Å². The zero-order chi connectivity index (χ0) is 46.6. The van der Waals surface area contributed by atoms with Crippen LogP contribution in [0.15, 0.2) is 255 Å². The van der Waals surface area contributed by atoms with E-state index in [1.807, 2.05) is 0 Å². The molecule has 70 heavy (non-hydrogen) atoms. The van der Waals surface area contributed by atoms with Crippen LogP contribution in [0, 0.1) is 0 Å². The van der Waals surface area contributed by atoms with Gasteiger partial charge >= 0.3 is 0 Å². The van der Waals surface area contributed by atoms with Crippen LogP contribution in [0.4, 0.5) is 34.1 Å². The van der Waals surface area contributed by atoms with Crippen molar-refractivity contribution in [2.75, 3.05) is 9.80 Å². The van der Waals surface area contributed by atoms with Crippen LogP contribution in [0.3, 0.4) is 0 Å². The second-order valence-corrected chi connectivity index (χ2v) is 19.6. The quantitative estimate of drug-likeness (QED) is 0.157. The summed E-state index contributed by atoms with van der Waals surface area (Å²) >= 11 is 0. The molecular weight excluding hydrogens is 845 g/mol. The first-order valence-electron chi connectivity index (χ1n) is 24.5. The predicted molar refractivity (Wildman–Crippen MR) is 293 cm³/mol. The maximum absolute atomic E-state index is 2.52. The van der Waals surface area contributed by atoms with E-state index < -0.39 is 5.41 Å². The lowest BCUT2D eigenvalue weighted by molar-refractivity contribution is 0.660. The number of anilines is 6. The van der Waals surface area contributed by atoms with Crippen molar-refractivity contribution in [1.82, 2.24) is 0 Å². The lowest BCUT2D eigenvalue weighted by Crippen LogP contribution is -2.26. The molecule has 0 radical (unpaired) electrons. The highest BCUT2D eigenvalue weighted by molar-refractivity contribution is 6.04. The molecule has 1 spiro atoms. The highest BCUT2D eigenvalue weighted by Crippen LogP contribution is 2.65. The zero-order valence-corrected chi connectivity index (χ0v) is 39.1. The molecule has 1 atom stereocenters. The summed E-state index contributed by atoms with van der Waals surface area (Å²) in [5, 5.41) is 2.41. The molecule has 0 fully saturated rings. The highest BCUT2D eigenvalue weighted by atomic mass is 15.2. The first-order chi connectivity index (χ1) is 34.5. The molecule has 1 unspecified atom stereocenters. The molecular formula is C68H48N2. The fraction of sp³-hybridized carbons (Fsp3) is 0.0588. The van der Waals surface area contributed by atoms with E-state index >= 15 is 0 Å². The van der Waals surface area contributed by atoms with Crippen molar-refractivity contribution in [1.29, 1.82) is 0 Å². The van der Waals surface area contributed by atoms with E-state index in [1.54, 1.807) is 0 Å². The molecule has 3 aliphatic carbocycles. The molecule has 11 aromatic rings. The van der Waals surface area contributed by atoms with Gasteiger partial charge in [-0.1, -0.05) is 214 Å². The number of fused-ring (bicyclic) bond motifs is 14. The van der Waals surface area contributed by atoms with Crippen LogP contribution >= 0.6 is 0 Å².